The van der Waals surface area contributed by atoms with Crippen LogP contribution in [0.2, 0.25) is 0 Å². The summed E-state index contributed by atoms with van der Waals surface area (Å²) in [7, 11) is 0. The van der Waals surface area contributed by atoms with Crippen molar-refractivity contribution < 1.29 is 9.53 Å². The lowest BCUT2D eigenvalue weighted by atomic mass is 10.2. The number of carbonyl (C=O) groups excluding carboxylic acids is 1. The van der Waals surface area contributed by atoms with Crippen molar-refractivity contribution in [1.82, 2.24) is 4.98 Å². The summed E-state index contributed by atoms with van der Waals surface area (Å²) in [5.74, 6) is -0.373. The molecule has 2 heterocycles. The largest absolute Gasteiger partial charge is 0.462 e. The molecular formula is C13H14N2O2S. The van der Waals surface area contributed by atoms with Gasteiger partial charge in [-0.05, 0) is 35.4 Å². The highest BCUT2D eigenvalue weighted by Crippen LogP contribution is 2.12. The van der Waals surface area contributed by atoms with Crippen molar-refractivity contribution >= 4 is 23.0 Å². The molecule has 0 aliphatic rings. The summed E-state index contributed by atoms with van der Waals surface area (Å²) in [6, 6.07) is 3.61. The lowest BCUT2D eigenvalue weighted by Crippen LogP contribution is -2.11. The van der Waals surface area contributed by atoms with Crippen LogP contribution < -0.4 is 5.73 Å². The Labute approximate surface area is 109 Å². The number of rotatable bonds is 4. The molecule has 94 valence electrons. The molecule has 0 bridgehead atoms. The third-order valence-corrected chi connectivity index (χ3v) is 3.26. The number of thiophene rings is 1. The molecule has 2 N–H and O–H groups in total. The van der Waals surface area contributed by atoms with E-state index in [0.717, 1.165) is 6.42 Å². The van der Waals surface area contributed by atoms with E-state index in [1.165, 1.54) is 11.8 Å². The SMILES string of the molecule is Cc1ncc(N)cc1C(=O)OCCc1ccsc1. The van der Waals surface area contributed by atoms with Crippen molar-refractivity contribution in [3.8, 4) is 0 Å². The standard InChI is InChI=1S/C13H14N2O2S/c1-9-12(6-11(14)7-15-9)13(16)17-4-2-10-3-5-18-8-10/h3,5-8H,2,4,14H2,1H3. The van der Waals surface area contributed by atoms with Crippen LogP contribution in [-0.4, -0.2) is 17.6 Å². The molecule has 0 unspecified atom stereocenters. The Hall–Kier alpha value is -1.88. The number of nitrogens with zero attached hydrogens (tertiary/aromatic N) is 1. The smallest absolute Gasteiger partial charge is 0.340 e. The maximum absolute atomic E-state index is 11.8. The number of ether oxygens (including phenoxy) is 1. The van der Waals surface area contributed by atoms with Crippen LogP contribution in [0, 0.1) is 6.92 Å². The number of carbonyl (C=O) groups is 1. The molecule has 0 saturated heterocycles. The molecule has 0 aliphatic carbocycles. The summed E-state index contributed by atoms with van der Waals surface area (Å²) in [5, 5.41) is 4.05. The molecule has 0 amide bonds. The number of hydrogen-bond donors (Lipinski definition) is 1. The van der Waals surface area contributed by atoms with Crippen molar-refractivity contribution in [2.45, 2.75) is 13.3 Å². The number of aryl methyl sites for hydroxylation is 1. The normalized spacial score (nSPS) is 10.3. The first-order valence-electron chi connectivity index (χ1n) is 5.57. The van der Waals surface area contributed by atoms with Gasteiger partial charge in [0.05, 0.1) is 29.7 Å². The number of anilines is 1. The Morgan fingerprint density at radius 3 is 3.11 bits per heavy atom. The molecule has 4 nitrogen and oxygen atoms in total. The molecular weight excluding hydrogens is 248 g/mol. The van der Waals surface area contributed by atoms with Gasteiger partial charge in [-0.1, -0.05) is 0 Å². The van der Waals surface area contributed by atoms with Crippen molar-refractivity contribution in [2.24, 2.45) is 0 Å². The number of esters is 1. The monoisotopic (exact) mass is 262 g/mol. The molecule has 18 heavy (non-hydrogen) atoms. The molecule has 0 spiro atoms. The first-order chi connectivity index (χ1) is 8.66. The third-order valence-electron chi connectivity index (χ3n) is 2.53. The van der Waals surface area contributed by atoms with E-state index in [0.29, 0.717) is 23.6 Å². The molecule has 0 aromatic carbocycles. The van der Waals surface area contributed by atoms with Crippen LogP contribution in [-0.2, 0) is 11.2 Å². The summed E-state index contributed by atoms with van der Waals surface area (Å²) in [6.45, 7) is 2.12. The lowest BCUT2D eigenvalue weighted by Gasteiger charge is -2.06. The van der Waals surface area contributed by atoms with Gasteiger partial charge < -0.3 is 10.5 Å². The quantitative estimate of drug-likeness (QED) is 0.859. The van der Waals surface area contributed by atoms with E-state index in [1.54, 1.807) is 24.3 Å². The van der Waals surface area contributed by atoms with Gasteiger partial charge >= 0.3 is 5.97 Å². The van der Waals surface area contributed by atoms with E-state index >= 15 is 0 Å². The summed E-state index contributed by atoms with van der Waals surface area (Å²) in [6.07, 6.45) is 2.25. The molecule has 2 aromatic heterocycles. The van der Waals surface area contributed by atoms with E-state index in [4.69, 9.17) is 10.5 Å². The van der Waals surface area contributed by atoms with Gasteiger partial charge in [0.25, 0.3) is 0 Å². The van der Waals surface area contributed by atoms with Gasteiger partial charge in [-0.2, -0.15) is 11.3 Å². The van der Waals surface area contributed by atoms with Gasteiger partial charge in [-0.25, -0.2) is 4.79 Å². The molecule has 0 aliphatic heterocycles. The maximum atomic E-state index is 11.8. The van der Waals surface area contributed by atoms with E-state index < -0.39 is 0 Å². The predicted molar refractivity (Wildman–Crippen MR) is 71.7 cm³/mol. The molecule has 5 heteroatoms. The van der Waals surface area contributed by atoms with Gasteiger partial charge in [0.2, 0.25) is 0 Å². The van der Waals surface area contributed by atoms with Crippen molar-refractivity contribution in [3.63, 3.8) is 0 Å². The zero-order valence-electron chi connectivity index (χ0n) is 10.1. The second-order valence-corrected chi connectivity index (χ2v) is 4.70. The van der Waals surface area contributed by atoms with Crippen LogP contribution in [0.5, 0.6) is 0 Å². The highest BCUT2D eigenvalue weighted by molar-refractivity contribution is 7.07. The Morgan fingerprint density at radius 1 is 1.56 bits per heavy atom. The summed E-state index contributed by atoms with van der Waals surface area (Å²) >= 11 is 1.63. The van der Waals surface area contributed by atoms with E-state index in [2.05, 4.69) is 4.98 Å². The van der Waals surface area contributed by atoms with Crippen LogP contribution in [0.3, 0.4) is 0 Å². The number of hydrogen-bond acceptors (Lipinski definition) is 5. The minimum atomic E-state index is -0.373. The first kappa shape index (κ1) is 12.6. The first-order valence-corrected chi connectivity index (χ1v) is 6.51. The number of nitrogen functional groups attached to an aromatic ring is 1. The van der Waals surface area contributed by atoms with Crippen molar-refractivity contribution in [2.75, 3.05) is 12.3 Å². The van der Waals surface area contributed by atoms with Gasteiger partial charge in [0.1, 0.15) is 0 Å². The number of aromatic nitrogens is 1. The fourth-order valence-electron chi connectivity index (χ4n) is 1.53. The highest BCUT2D eigenvalue weighted by atomic mass is 32.1. The van der Waals surface area contributed by atoms with Gasteiger partial charge in [-0.3, -0.25) is 4.98 Å². The highest BCUT2D eigenvalue weighted by Gasteiger charge is 2.11. The van der Waals surface area contributed by atoms with Gasteiger partial charge in [-0.15, -0.1) is 0 Å². The van der Waals surface area contributed by atoms with E-state index in [-0.39, 0.29) is 5.97 Å². The van der Waals surface area contributed by atoms with Crippen LogP contribution in [0.15, 0.2) is 29.1 Å². The maximum Gasteiger partial charge on any atom is 0.340 e. The Morgan fingerprint density at radius 2 is 2.39 bits per heavy atom. The molecule has 0 saturated carbocycles. The second-order valence-electron chi connectivity index (χ2n) is 3.92. The molecule has 0 atom stereocenters. The Balaban J connectivity index is 1.93. The summed E-state index contributed by atoms with van der Waals surface area (Å²) in [5.41, 5.74) is 8.30. The van der Waals surface area contributed by atoms with Crippen LogP contribution in [0.1, 0.15) is 21.6 Å². The molecule has 2 aromatic rings. The minimum Gasteiger partial charge on any atom is -0.462 e. The zero-order valence-corrected chi connectivity index (χ0v) is 10.9. The van der Waals surface area contributed by atoms with Crippen LogP contribution in [0.25, 0.3) is 0 Å². The average molecular weight is 262 g/mol. The Bertz CT molecular complexity index is 538. The van der Waals surface area contributed by atoms with Crippen LogP contribution in [0.4, 0.5) is 5.69 Å². The number of nitrogens with two attached hydrogens (primary N) is 1. The number of pyridine rings is 1. The molecule has 2 rings (SSSR count). The van der Waals surface area contributed by atoms with Crippen LogP contribution >= 0.6 is 11.3 Å². The van der Waals surface area contributed by atoms with Crippen molar-refractivity contribution in [3.05, 3.63) is 45.9 Å². The minimum absolute atomic E-state index is 0.365. The zero-order chi connectivity index (χ0) is 13.0. The van der Waals surface area contributed by atoms with E-state index in [9.17, 15) is 4.79 Å². The van der Waals surface area contributed by atoms with Gasteiger partial charge in [0, 0.05) is 6.42 Å². The fourth-order valence-corrected chi connectivity index (χ4v) is 2.23. The summed E-state index contributed by atoms with van der Waals surface area (Å²) < 4.78 is 5.21. The second kappa shape index (κ2) is 5.64. The topological polar surface area (TPSA) is 65.2 Å². The van der Waals surface area contributed by atoms with Gasteiger partial charge in [0.15, 0.2) is 0 Å². The predicted octanol–water partition coefficient (Wildman–Crippen LogP) is 2.43. The summed E-state index contributed by atoms with van der Waals surface area (Å²) in [4.78, 5) is 15.9. The Kier molecular flexibility index (Phi) is 3.94. The van der Waals surface area contributed by atoms with E-state index in [1.807, 2.05) is 16.8 Å². The lowest BCUT2D eigenvalue weighted by molar-refractivity contribution is 0.0508. The van der Waals surface area contributed by atoms with Crippen molar-refractivity contribution in [1.29, 1.82) is 0 Å². The molecule has 0 radical (unpaired) electrons. The third kappa shape index (κ3) is 3.07. The average Bonchev–Trinajstić information content (AvgIpc) is 2.85. The fraction of sp³-hybridized carbons (Fsp3) is 0.231. The molecule has 0 fully saturated rings.